The maximum absolute atomic E-state index is 13.7. The lowest BCUT2D eigenvalue weighted by molar-refractivity contribution is 0.321. The first-order chi connectivity index (χ1) is 9.10. The zero-order chi connectivity index (χ0) is 13.8. The summed E-state index contributed by atoms with van der Waals surface area (Å²) in [5.41, 5.74) is 2.35. The summed E-state index contributed by atoms with van der Waals surface area (Å²) in [5.74, 6) is -0.0932. The molecule has 0 saturated carbocycles. The van der Waals surface area contributed by atoms with Gasteiger partial charge in [-0.15, -0.1) is 0 Å². The predicted molar refractivity (Wildman–Crippen MR) is 77.2 cm³/mol. The van der Waals surface area contributed by atoms with E-state index in [1.54, 1.807) is 24.3 Å². The molecule has 4 heteroatoms. The first kappa shape index (κ1) is 13.9. The van der Waals surface area contributed by atoms with Crippen LogP contribution in [0, 0.1) is 5.82 Å². The number of hydrogen-bond acceptors (Lipinski definition) is 1. The molecule has 0 aliphatic carbocycles. The van der Waals surface area contributed by atoms with E-state index in [0.29, 0.717) is 23.5 Å². The molecular weight excluding hydrogens is 261 g/mol. The summed E-state index contributed by atoms with van der Waals surface area (Å²) in [4.78, 5) is 0. The van der Waals surface area contributed by atoms with Crippen LogP contribution in [0.15, 0.2) is 36.4 Å². The van der Waals surface area contributed by atoms with Crippen LogP contribution >= 0.6 is 11.6 Å². The number of ether oxygens (including phenoxy) is 1. The first-order valence-electron chi connectivity index (χ1n) is 6.05. The summed E-state index contributed by atoms with van der Waals surface area (Å²) in [6.07, 6.45) is 0.535. The monoisotopic (exact) mass is 274 g/mol. The van der Waals surface area contributed by atoms with Gasteiger partial charge in [0.25, 0.3) is 0 Å². The highest BCUT2D eigenvalue weighted by atomic mass is 35.5. The minimum absolute atomic E-state index is 0.268. The van der Waals surface area contributed by atoms with Crippen LogP contribution in [-0.2, 0) is 6.42 Å². The lowest BCUT2D eigenvalue weighted by Gasteiger charge is -2.09. The van der Waals surface area contributed by atoms with Gasteiger partial charge in [0, 0.05) is 5.02 Å². The Morgan fingerprint density at radius 1 is 1.21 bits per heavy atom. The third kappa shape index (κ3) is 3.51. The van der Waals surface area contributed by atoms with Crippen molar-refractivity contribution in [2.75, 3.05) is 6.61 Å². The van der Waals surface area contributed by atoms with Crippen molar-refractivity contribution < 1.29 is 9.13 Å². The van der Waals surface area contributed by atoms with Gasteiger partial charge in [-0.1, -0.05) is 35.3 Å². The highest BCUT2D eigenvalue weighted by Crippen LogP contribution is 2.22. The third-order valence-electron chi connectivity index (χ3n) is 2.76. The molecule has 19 heavy (non-hydrogen) atoms. The molecule has 2 aromatic carbocycles. The highest BCUT2D eigenvalue weighted by Gasteiger charge is 2.07. The molecule has 1 nitrogen and oxygen atoms in total. The zero-order valence-corrected chi connectivity index (χ0v) is 11.4. The Hall–Kier alpha value is -1.48. The van der Waals surface area contributed by atoms with Gasteiger partial charge in [0.15, 0.2) is 11.6 Å². The van der Waals surface area contributed by atoms with Crippen LogP contribution in [0.2, 0.25) is 5.02 Å². The molecule has 0 spiro atoms. The van der Waals surface area contributed by atoms with Gasteiger partial charge in [0.1, 0.15) is 7.85 Å². The molecule has 0 atom stereocenters. The smallest absolute Gasteiger partial charge is 0.165 e. The van der Waals surface area contributed by atoms with Crippen molar-refractivity contribution in [3.05, 3.63) is 58.4 Å². The summed E-state index contributed by atoms with van der Waals surface area (Å²) in [7, 11) is 5.72. The fourth-order valence-corrected chi connectivity index (χ4v) is 2.06. The maximum atomic E-state index is 13.7. The average molecular weight is 275 g/mol. The van der Waals surface area contributed by atoms with Crippen molar-refractivity contribution in [1.82, 2.24) is 0 Å². The van der Waals surface area contributed by atoms with Crippen molar-refractivity contribution in [2.45, 2.75) is 13.3 Å². The van der Waals surface area contributed by atoms with Crippen molar-refractivity contribution in [3.63, 3.8) is 0 Å². The second kappa shape index (κ2) is 6.11. The molecule has 96 valence electrons. The number of rotatable bonds is 4. The lowest BCUT2D eigenvalue weighted by atomic mass is 9.92. The molecule has 2 rings (SSSR count). The van der Waals surface area contributed by atoms with Gasteiger partial charge in [-0.2, -0.15) is 0 Å². The topological polar surface area (TPSA) is 9.23 Å². The van der Waals surface area contributed by atoms with Gasteiger partial charge in [-0.25, -0.2) is 4.39 Å². The van der Waals surface area contributed by atoms with Gasteiger partial charge in [0.2, 0.25) is 0 Å². The lowest BCUT2D eigenvalue weighted by Crippen LogP contribution is -2.04. The molecule has 0 saturated heterocycles. The molecule has 2 radical (unpaired) electrons. The Labute approximate surface area is 118 Å². The van der Waals surface area contributed by atoms with E-state index >= 15 is 0 Å². The van der Waals surface area contributed by atoms with Crippen molar-refractivity contribution in [1.29, 1.82) is 0 Å². The van der Waals surface area contributed by atoms with Gasteiger partial charge < -0.3 is 4.74 Å². The van der Waals surface area contributed by atoms with Crippen LogP contribution < -0.4 is 10.2 Å². The Morgan fingerprint density at radius 2 is 2.00 bits per heavy atom. The van der Waals surface area contributed by atoms with Crippen LogP contribution in [0.25, 0.3) is 0 Å². The van der Waals surface area contributed by atoms with E-state index < -0.39 is 0 Å². The molecule has 0 aromatic heterocycles. The minimum Gasteiger partial charge on any atom is -0.491 e. The third-order valence-corrected chi connectivity index (χ3v) is 3.13. The van der Waals surface area contributed by atoms with Crippen LogP contribution in [0.4, 0.5) is 4.39 Å². The number of hydrogen-bond donors (Lipinski definition) is 0. The fraction of sp³-hybridized carbons (Fsp3) is 0.200. The van der Waals surface area contributed by atoms with Crippen LogP contribution in [0.1, 0.15) is 18.1 Å². The number of benzene rings is 2. The van der Waals surface area contributed by atoms with E-state index in [-0.39, 0.29) is 11.6 Å². The normalized spacial score (nSPS) is 10.5. The molecule has 0 amide bonds. The van der Waals surface area contributed by atoms with E-state index in [4.69, 9.17) is 24.2 Å². The van der Waals surface area contributed by atoms with Gasteiger partial charge in [-0.3, -0.25) is 0 Å². The molecule has 0 N–H and O–H groups in total. The van der Waals surface area contributed by atoms with E-state index in [1.165, 1.54) is 6.07 Å². The largest absolute Gasteiger partial charge is 0.491 e. The van der Waals surface area contributed by atoms with Gasteiger partial charge >= 0.3 is 0 Å². The predicted octanol–water partition coefficient (Wildman–Crippen LogP) is 3.26. The Bertz CT molecular complexity index is 586. The quantitative estimate of drug-likeness (QED) is 0.778. The molecule has 0 aliphatic heterocycles. The fourth-order valence-electron chi connectivity index (χ4n) is 1.88. The Kier molecular flexibility index (Phi) is 4.49. The molecule has 0 aliphatic rings. The van der Waals surface area contributed by atoms with Crippen molar-refractivity contribution >= 4 is 24.9 Å². The first-order valence-corrected chi connectivity index (χ1v) is 6.43. The highest BCUT2D eigenvalue weighted by molar-refractivity contribution is 6.34. The molecule has 0 bridgehead atoms. The van der Waals surface area contributed by atoms with Crippen LogP contribution in [0.3, 0.4) is 0 Å². The van der Waals surface area contributed by atoms with Crippen molar-refractivity contribution in [3.8, 4) is 5.75 Å². The molecule has 0 unspecified atom stereocenters. The summed E-state index contributed by atoms with van der Waals surface area (Å²) < 4.78 is 18.9. The standard InChI is InChI=1S/C15H13BClFO/c1-2-19-15-6-3-10(8-14(15)18)7-11-9-12(16)4-5-13(11)17/h3-6,8-9H,2,7H2,1H3. The van der Waals surface area contributed by atoms with Crippen molar-refractivity contribution in [2.24, 2.45) is 0 Å². The SMILES string of the molecule is [B]c1ccc(Cl)c(Cc2ccc(OCC)c(F)c2)c1. The molecule has 2 aromatic rings. The zero-order valence-electron chi connectivity index (χ0n) is 10.6. The van der Waals surface area contributed by atoms with E-state index in [1.807, 2.05) is 13.0 Å². The van der Waals surface area contributed by atoms with Crippen LogP contribution in [-0.4, -0.2) is 14.5 Å². The minimum atomic E-state index is -0.362. The Morgan fingerprint density at radius 3 is 2.68 bits per heavy atom. The maximum Gasteiger partial charge on any atom is 0.165 e. The summed E-state index contributed by atoms with van der Waals surface area (Å²) in [6, 6.07) is 10.2. The summed E-state index contributed by atoms with van der Waals surface area (Å²) in [6.45, 7) is 2.26. The molecule has 0 heterocycles. The number of halogens is 2. The van der Waals surface area contributed by atoms with E-state index in [0.717, 1.165) is 11.1 Å². The second-order valence-corrected chi connectivity index (χ2v) is 4.63. The Balaban J connectivity index is 2.24. The summed E-state index contributed by atoms with van der Waals surface area (Å²) >= 11 is 6.09. The molecule has 0 fully saturated rings. The molecular formula is C15H13BClFO. The van der Waals surface area contributed by atoms with Crippen LogP contribution in [0.5, 0.6) is 5.75 Å². The van der Waals surface area contributed by atoms with E-state index in [9.17, 15) is 4.39 Å². The average Bonchev–Trinajstić information content (AvgIpc) is 2.37. The van der Waals surface area contributed by atoms with Gasteiger partial charge in [-0.05, 0) is 42.7 Å². The second-order valence-electron chi connectivity index (χ2n) is 4.23. The summed E-state index contributed by atoms with van der Waals surface area (Å²) in [5, 5.41) is 0.628. The van der Waals surface area contributed by atoms with Gasteiger partial charge in [0.05, 0.1) is 6.61 Å². The van der Waals surface area contributed by atoms with E-state index in [2.05, 4.69) is 0 Å².